The average molecular weight is 266 g/mol. The second kappa shape index (κ2) is 5.73. The summed E-state index contributed by atoms with van der Waals surface area (Å²) in [4.78, 5) is 23.2. The first-order chi connectivity index (χ1) is 9.12. The lowest BCUT2D eigenvalue weighted by Gasteiger charge is -2.33. The molecule has 1 aromatic heterocycles. The van der Waals surface area contributed by atoms with E-state index in [4.69, 9.17) is 0 Å². The minimum Gasteiger partial charge on any atom is -0.480 e. The van der Waals surface area contributed by atoms with Gasteiger partial charge in [-0.25, -0.2) is 9.59 Å². The van der Waals surface area contributed by atoms with Gasteiger partial charge >= 0.3 is 12.0 Å². The van der Waals surface area contributed by atoms with E-state index in [0.29, 0.717) is 19.4 Å². The highest BCUT2D eigenvalue weighted by molar-refractivity contribution is 5.86. The summed E-state index contributed by atoms with van der Waals surface area (Å²) in [7, 11) is 0. The lowest BCUT2D eigenvalue weighted by atomic mass is 9.82. The molecule has 1 aliphatic rings. The second-order valence-corrected chi connectivity index (χ2v) is 4.86. The molecule has 0 bridgehead atoms. The highest BCUT2D eigenvalue weighted by atomic mass is 16.4. The molecule has 0 aliphatic heterocycles. The van der Waals surface area contributed by atoms with Crippen LogP contribution >= 0.6 is 0 Å². The van der Waals surface area contributed by atoms with Crippen LogP contribution in [0.5, 0.6) is 0 Å². The lowest BCUT2D eigenvalue weighted by molar-refractivity contribution is -0.145. The molecule has 4 N–H and O–H groups in total. The number of nitrogens with one attached hydrogen (secondary N) is 3. The van der Waals surface area contributed by atoms with E-state index < -0.39 is 17.5 Å². The average Bonchev–Trinajstić information content (AvgIpc) is 2.90. The summed E-state index contributed by atoms with van der Waals surface area (Å²) in [5.41, 5.74) is -0.276. The van der Waals surface area contributed by atoms with Crippen molar-refractivity contribution in [2.24, 2.45) is 0 Å². The lowest BCUT2D eigenvalue weighted by Crippen LogP contribution is -2.57. The molecule has 7 heteroatoms. The fraction of sp³-hybridized carbons (Fsp3) is 0.583. The molecule has 0 aromatic carbocycles. The van der Waals surface area contributed by atoms with Gasteiger partial charge in [-0.3, -0.25) is 5.10 Å². The smallest absolute Gasteiger partial charge is 0.329 e. The maximum absolute atomic E-state index is 11.8. The van der Waals surface area contributed by atoms with Gasteiger partial charge in [0.15, 0.2) is 0 Å². The molecule has 1 heterocycles. The van der Waals surface area contributed by atoms with Gasteiger partial charge in [0, 0.05) is 18.3 Å². The molecule has 7 nitrogen and oxygen atoms in total. The summed E-state index contributed by atoms with van der Waals surface area (Å²) < 4.78 is 0. The van der Waals surface area contributed by atoms with Crippen LogP contribution in [0.4, 0.5) is 4.79 Å². The number of H-pyrrole nitrogens is 1. The van der Waals surface area contributed by atoms with Gasteiger partial charge in [0.25, 0.3) is 0 Å². The first-order valence-corrected chi connectivity index (χ1v) is 6.39. The molecule has 2 rings (SSSR count). The first-order valence-electron chi connectivity index (χ1n) is 6.39. The van der Waals surface area contributed by atoms with E-state index >= 15 is 0 Å². The van der Waals surface area contributed by atoms with Crippen molar-refractivity contribution >= 4 is 12.0 Å². The first kappa shape index (κ1) is 13.4. The normalized spacial score (nSPS) is 17.7. The Morgan fingerprint density at radius 3 is 2.68 bits per heavy atom. The van der Waals surface area contributed by atoms with E-state index in [9.17, 15) is 14.7 Å². The highest BCUT2D eigenvalue weighted by Crippen LogP contribution is 2.28. The van der Waals surface area contributed by atoms with E-state index in [-0.39, 0.29) is 0 Å². The Morgan fingerprint density at radius 1 is 1.37 bits per heavy atom. The number of amides is 2. The number of hydrogen-bond donors (Lipinski definition) is 4. The third-order valence-corrected chi connectivity index (χ3v) is 3.48. The number of carboxylic acid groups (broad SMARTS) is 1. The highest BCUT2D eigenvalue weighted by Gasteiger charge is 2.40. The maximum atomic E-state index is 11.8. The summed E-state index contributed by atoms with van der Waals surface area (Å²) in [6.07, 6.45) is 6.93. The molecular formula is C12H18N4O3. The van der Waals surface area contributed by atoms with Gasteiger partial charge in [-0.2, -0.15) is 5.10 Å². The zero-order valence-corrected chi connectivity index (χ0v) is 10.6. The molecule has 1 aromatic rings. The number of aliphatic carboxylic acids is 1. The third kappa shape index (κ3) is 3.24. The van der Waals surface area contributed by atoms with Gasteiger partial charge in [-0.15, -0.1) is 0 Å². The number of nitrogens with zero attached hydrogens (tertiary/aromatic N) is 1. The van der Waals surface area contributed by atoms with Crippen LogP contribution in [-0.2, 0) is 11.3 Å². The number of hydrogen-bond acceptors (Lipinski definition) is 3. The Labute approximate surface area is 110 Å². The van der Waals surface area contributed by atoms with Gasteiger partial charge in [0.2, 0.25) is 0 Å². The number of aromatic amines is 1. The molecule has 19 heavy (non-hydrogen) atoms. The summed E-state index contributed by atoms with van der Waals surface area (Å²) >= 11 is 0. The molecule has 0 atom stereocenters. The zero-order valence-electron chi connectivity index (χ0n) is 10.6. The third-order valence-electron chi connectivity index (χ3n) is 3.48. The van der Waals surface area contributed by atoms with Crippen molar-refractivity contribution < 1.29 is 14.7 Å². The topological polar surface area (TPSA) is 107 Å². The van der Waals surface area contributed by atoms with Crippen LogP contribution in [0.3, 0.4) is 0 Å². The van der Waals surface area contributed by atoms with Crippen molar-refractivity contribution in [1.29, 1.82) is 0 Å². The number of carboxylic acids is 1. The Kier molecular flexibility index (Phi) is 4.03. The van der Waals surface area contributed by atoms with Gasteiger partial charge < -0.3 is 15.7 Å². The molecule has 104 valence electrons. The van der Waals surface area contributed by atoms with E-state index in [1.807, 2.05) is 0 Å². The molecular weight excluding hydrogens is 248 g/mol. The van der Waals surface area contributed by atoms with Crippen LogP contribution in [0.2, 0.25) is 0 Å². The fourth-order valence-electron chi connectivity index (χ4n) is 2.37. The number of aromatic nitrogens is 2. The van der Waals surface area contributed by atoms with Crippen molar-refractivity contribution in [3.63, 3.8) is 0 Å². The Hall–Kier alpha value is -2.05. The molecule has 0 unspecified atom stereocenters. The summed E-state index contributed by atoms with van der Waals surface area (Å²) in [6.45, 7) is 0.317. The van der Waals surface area contributed by atoms with E-state index in [1.165, 1.54) is 0 Å². The van der Waals surface area contributed by atoms with Crippen molar-refractivity contribution in [1.82, 2.24) is 20.8 Å². The van der Waals surface area contributed by atoms with E-state index in [2.05, 4.69) is 20.8 Å². The fourth-order valence-corrected chi connectivity index (χ4v) is 2.37. The van der Waals surface area contributed by atoms with Crippen LogP contribution in [-0.4, -0.2) is 32.8 Å². The van der Waals surface area contributed by atoms with Crippen molar-refractivity contribution in [3.8, 4) is 0 Å². The molecule has 1 aliphatic carbocycles. The largest absolute Gasteiger partial charge is 0.480 e. The van der Waals surface area contributed by atoms with Crippen molar-refractivity contribution in [2.75, 3.05) is 0 Å². The maximum Gasteiger partial charge on any atom is 0.329 e. The summed E-state index contributed by atoms with van der Waals surface area (Å²) in [5, 5.41) is 21.0. The standard InChI is InChI=1S/C12H18N4O3/c17-10(18)12(4-2-1-3-5-12)16-11(19)13-6-9-7-14-15-8-9/h7-8H,1-6H2,(H,14,15)(H,17,18)(H2,13,16,19). The molecule has 0 saturated heterocycles. The zero-order chi connectivity index (χ0) is 13.7. The minimum absolute atomic E-state index is 0.317. The van der Waals surface area contributed by atoms with Crippen LogP contribution in [0.1, 0.15) is 37.7 Å². The Morgan fingerprint density at radius 2 is 2.11 bits per heavy atom. The number of rotatable bonds is 4. The number of carbonyl (C=O) groups is 2. The van der Waals surface area contributed by atoms with Gasteiger partial charge in [0.1, 0.15) is 5.54 Å². The van der Waals surface area contributed by atoms with Gasteiger partial charge in [0.05, 0.1) is 6.20 Å². The SMILES string of the molecule is O=C(NCc1cn[nH]c1)NC1(C(=O)O)CCCCC1. The van der Waals surface area contributed by atoms with Crippen LogP contribution < -0.4 is 10.6 Å². The Bertz CT molecular complexity index is 438. The molecule has 1 fully saturated rings. The molecule has 0 radical (unpaired) electrons. The predicted octanol–water partition coefficient (Wildman–Crippen LogP) is 0.996. The number of urea groups is 1. The summed E-state index contributed by atoms with van der Waals surface area (Å²) in [6, 6.07) is -0.453. The quantitative estimate of drug-likeness (QED) is 0.652. The van der Waals surface area contributed by atoms with Crippen LogP contribution in [0.25, 0.3) is 0 Å². The molecule has 1 saturated carbocycles. The van der Waals surface area contributed by atoms with E-state index in [0.717, 1.165) is 24.8 Å². The van der Waals surface area contributed by atoms with Crippen molar-refractivity contribution in [2.45, 2.75) is 44.2 Å². The second-order valence-electron chi connectivity index (χ2n) is 4.86. The monoisotopic (exact) mass is 266 g/mol. The van der Waals surface area contributed by atoms with Crippen LogP contribution in [0, 0.1) is 0 Å². The predicted molar refractivity (Wildman–Crippen MR) is 67.4 cm³/mol. The van der Waals surface area contributed by atoms with Gasteiger partial charge in [-0.1, -0.05) is 19.3 Å². The summed E-state index contributed by atoms with van der Waals surface area (Å²) in [5.74, 6) is -0.953. The Balaban J connectivity index is 1.90. The van der Waals surface area contributed by atoms with Gasteiger partial charge in [-0.05, 0) is 12.8 Å². The van der Waals surface area contributed by atoms with Crippen molar-refractivity contribution in [3.05, 3.63) is 18.0 Å². The molecule has 0 spiro atoms. The van der Waals surface area contributed by atoms with E-state index in [1.54, 1.807) is 12.4 Å². The minimum atomic E-state index is -1.11. The molecule has 2 amide bonds. The number of carbonyl (C=O) groups excluding carboxylic acids is 1. The van der Waals surface area contributed by atoms with Crippen LogP contribution in [0.15, 0.2) is 12.4 Å².